The van der Waals surface area contributed by atoms with E-state index >= 15 is 0 Å². The summed E-state index contributed by atoms with van der Waals surface area (Å²) in [6, 6.07) is 8.95. The van der Waals surface area contributed by atoms with Gasteiger partial charge in [0.25, 0.3) is 0 Å². The third-order valence-corrected chi connectivity index (χ3v) is 3.18. The summed E-state index contributed by atoms with van der Waals surface area (Å²) in [5, 5.41) is 9.68. The molecule has 3 nitrogen and oxygen atoms in total. The Hall–Kier alpha value is -1.26. The highest BCUT2D eigenvalue weighted by Crippen LogP contribution is 2.20. The SMILES string of the molecule is O=C(O)c1cc(Br)cn1Cc1ccccc1Cl. The molecule has 1 N–H and O–H groups in total. The van der Waals surface area contributed by atoms with Crippen molar-refractivity contribution in [3.8, 4) is 0 Å². The number of benzene rings is 1. The first kappa shape index (κ1) is 12.2. The van der Waals surface area contributed by atoms with E-state index in [1.165, 1.54) is 0 Å². The van der Waals surface area contributed by atoms with Gasteiger partial charge in [-0.25, -0.2) is 4.79 Å². The third kappa shape index (κ3) is 2.70. The highest BCUT2D eigenvalue weighted by atomic mass is 79.9. The molecule has 1 heterocycles. The minimum atomic E-state index is -0.956. The van der Waals surface area contributed by atoms with Crippen LogP contribution in [-0.2, 0) is 6.54 Å². The van der Waals surface area contributed by atoms with Crippen molar-refractivity contribution in [2.24, 2.45) is 0 Å². The van der Waals surface area contributed by atoms with Crippen molar-refractivity contribution < 1.29 is 9.90 Å². The van der Waals surface area contributed by atoms with E-state index in [0.29, 0.717) is 11.6 Å². The number of rotatable bonds is 3. The molecule has 0 amide bonds. The Morgan fingerprint density at radius 3 is 2.76 bits per heavy atom. The zero-order chi connectivity index (χ0) is 12.4. The van der Waals surface area contributed by atoms with Crippen molar-refractivity contribution in [1.29, 1.82) is 0 Å². The van der Waals surface area contributed by atoms with E-state index < -0.39 is 5.97 Å². The van der Waals surface area contributed by atoms with Gasteiger partial charge in [0.15, 0.2) is 0 Å². The molecule has 1 aromatic carbocycles. The Kier molecular flexibility index (Phi) is 3.54. The van der Waals surface area contributed by atoms with Gasteiger partial charge < -0.3 is 9.67 Å². The molecule has 0 aliphatic heterocycles. The summed E-state index contributed by atoms with van der Waals surface area (Å²) in [5.41, 5.74) is 1.12. The lowest BCUT2D eigenvalue weighted by atomic mass is 10.2. The van der Waals surface area contributed by atoms with E-state index in [1.54, 1.807) is 22.9 Å². The lowest BCUT2D eigenvalue weighted by molar-refractivity contribution is 0.0685. The summed E-state index contributed by atoms with van der Waals surface area (Å²) >= 11 is 9.31. The van der Waals surface area contributed by atoms with Crippen LogP contribution in [0.3, 0.4) is 0 Å². The predicted molar refractivity (Wildman–Crippen MR) is 69.6 cm³/mol. The molecule has 0 saturated carbocycles. The monoisotopic (exact) mass is 313 g/mol. The second-order valence-corrected chi connectivity index (χ2v) is 4.89. The molecule has 0 unspecified atom stereocenters. The van der Waals surface area contributed by atoms with E-state index in [2.05, 4.69) is 15.9 Å². The van der Waals surface area contributed by atoms with Crippen LogP contribution in [0.2, 0.25) is 5.02 Å². The summed E-state index contributed by atoms with van der Waals surface area (Å²) in [6.07, 6.45) is 1.73. The zero-order valence-electron chi connectivity index (χ0n) is 8.73. The number of carbonyl (C=O) groups is 1. The van der Waals surface area contributed by atoms with Gasteiger partial charge in [0, 0.05) is 22.2 Å². The molecule has 0 bridgehead atoms. The molecule has 88 valence electrons. The summed E-state index contributed by atoms with van der Waals surface area (Å²) in [7, 11) is 0. The van der Waals surface area contributed by atoms with Crippen LogP contribution in [0.25, 0.3) is 0 Å². The maximum Gasteiger partial charge on any atom is 0.352 e. The quantitative estimate of drug-likeness (QED) is 0.939. The molecule has 2 rings (SSSR count). The maximum absolute atomic E-state index is 11.0. The zero-order valence-corrected chi connectivity index (χ0v) is 11.1. The van der Waals surface area contributed by atoms with Crippen LogP contribution in [-0.4, -0.2) is 15.6 Å². The smallest absolute Gasteiger partial charge is 0.352 e. The van der Waals surface area contributed by atoms with Crippen LogP contribution in [0.4, 0.5) is 0 Å². The van der Waals surface area contributed by atoms with Gasteiger partial charge in [-0.1, -0.05) is 29.8 Å². The number of aromatic nitrogens is 1. The number of aromatic carboxylic acids is 1. The Balaban J connectivity index is 2.36. The van der Waals surface area contributed by atoms with Crippen molar-refractivity contribution in [1.82, 2.24) is 4.57 Å². The molecule has 5 heteroatoms. The fourth-order valence-corrected chi connectivity index (χ4v) is 2.25. The van der Waals surface area contributed by atoms with Gasteiger partial charge in [-0.2, -0.15) is 0 Å². The molecular formula is C12H9BrClNO2. The van der Waals surface area contributed by atoms with Crippen molar-refractivity contribution in [3.63, 3.8) is 0 Å². The van der Waals surface area contributed by atoms with Gasteiger partial charge in [-0.15, -0.1) is 0 Å². The summed E-state index contributed by atoms with van der Waals surface area (Å²) in [4.78, 5) is 11.0. The van der Waals surface area contributed by atoms with Gasteiger partial charge >= 0.3 is 5.97 Å². The predicted octanol–water partition coefficient (Wildman–Crippen LogP) is 3.65. The van der Waals surface area contributed by atoms with Crippen molar-refractivity contribution in [2.75, 3.05) is 0 Å². The van der Waals surface area contributed by atoms with Gasteiger partial charge in [0.05, 0.1) is 0 Å². The topological polar surface area (TPSA) is 42.2 Å². The lowest BCUT2D eigenvalue weighted by Crippen LogP contribution is -2.08. The highest BCUT2D eigenvalue weighted by Gasteiger charge is 2.12. The Morgan fingerprint density at radius 2 is 2.12 bits per heavy atom. The van der Waals surface area contributed by atoms with E-state index in [4.69, 9.17) is 16.7 Å². The van der Waals surface area contributed by atoms with Gasteiger partial charge in [-0.3, -0.25) is 0 Å². The highest BCUT2D eigenvalue weighted by molar-refractivity contribution is 9.10. The largest absolute Gasteiger partial charge is 0.477 e. The van der Waals surface area contributed by atoms with Crippen LogP contribution in [0.5, 0.6) is 0 Å². The summed E-state index contributed by atoms with van der Waals surface area (Å²) < 4.78 is 2.38. The molecule has 0 fully saturated rings. The Bertz CT molecular complexity index is 565. The van der Waals surface area contributed by atoms with E-state index in [-0.39, 0.29) is 5.69 Å². The molecule has 17 heavy (non-hydrogen) atoms. The second-order valence-electron chi connectivity index (χ2n) is 3.57. The fraction of sp³-hybridized carbons (Fsp3) is 0.0833. The lowest BCUT2D eigenvalue weighted by Gasteiger charge is -2.07. The first-order chi connectivity index (χ1) is 8.08. The van der Waals surface area contributed by atoms with Gasteiger partial charge in [0.1, 0.15) is 5.69 Å². The maximum atomic E-state index is 11.0. The third-order valence-electron chi connectivity index (χ3n) is 2.38. The Morgan fingerprint density at radius 1 is 1.41 bits per heavy atom. The van der Waals surface area contributed by atoms with Crippen molar-refractivity contribution >= 4 is 33.5 Å². The molecule has 1 aromatic heterocycles. The number of carboxylic acids is 1. The molecule has 0 saturated heterocycles. The normalized spacial score (nSPS) is 10.5. The number of nitrogens with zero attached hydrogens (tertiary/aromatic N) is 1. The van der Waals surface area contributed by atoms with E-state index in [9.17, 15) is 4.79 Å². The average Bonchev–Trinajstić information content (AvgIpc) is 2.63. The summed E-state index contributed by atoms with van der Waals surface area (Å²) in [6.45, 7) is 0.437. The van der Waals surface area contributed by atoms with E-state index in [1.807, 2.05) is 18.2 Å². The van der Waals surface area contributed by atoms with Crippen LogP contribution in [0.15, 0.2) is 41.0 Å². The molecule has 0 atom stereocenters. The average molecular weight is 315 g/mol. The van der Waals surface area contributed by atoms with Crippen LogP contribution >= 0.6 is 27.5 Å². The fourth-order valence-electron chi connectivity index (χ4n) is 1.59. The number of hydrogen-bond acceptors (Lipinski definition) is 1. The molecule has 0 radical (unpaired) electrons. The van der Waals surface area contributed by atoms with Crippen LogP contribution in [0.1, 0.15) is 16.1 Å². The van der Waals surface area contributed by atoms with Crippen molar-refractivity contribution in [2.45, 2.75) is 6.54 Å². The van der Waals surface area contributed by atoms with Crippen molar-refractivity contribution in [3.05, 3.63) is 57.3 Å². The first-order valence-electron chi connectivity index (χ1n) is 4.90. The minimum Gasteiger partial charge on any atom is -0.477 e. The Labute approximate surface area is 112 Å². The minimum absolute atomic E-state index is 0.233. The summed E-state index contributed by atoms with van der Waals surface area (Å²) in [5.74, 6) is -0.956. The molecule has 2 aromatic rings. The van der Waals surface area contributed by atoms with Gasteiger partial charge in [-0.05, 0) is 33.6 Å². The number of hydrogen-bond donors (Lipinski definition) is 1. The molecule has 0 spiro atoms. The number of halogens is 2. The van der Waals surface area contributed by atoms with Gasteiger partial charge in [0.2, 0.25) is 0 Å². The molecule has 0 aliphatic rings. The first-order valence-corrected chi connectivity index (χ1v) is 6.07. The van der Waals surface area contributed by atoms with Crippen LogP contribution < -0.4 is 0 Å². The standard InChI is InChI=1S/C12H9BrClNO2/c13-9-5-11(12(16)17)15(7-9)6-8-3-1-2-4-10(8)14/h1-5,7H,6H2,(H,16,17). The van der Waals surface area contributed by atoms with E-state index in [0.717, 1.165) is 10.0 Å². The van der Waals surface area contributed by atoms with Crippen LogP contribution in [0, 0.1) is 0 Å². The molecular weight excluding hydrogens is 305 g/mol. The second kappa shape index (κ2) is 4.94. The number of carboxylic acid groups (broad SMARTS) is 1. The molecule has 0 aliphatic carbocycles.